The normalized spacial score (nSPS) is 44.4. The predicted octanol–water partition coefficient (Wildman–Crippen LogP) is 1.41. The molecule has 3 nitrogen and oxygen atoms in total. The lowest BCUT2D eigenvalue weighted by Gasteiger charge is -2.41. The lowest BCUT2D eigenvalue weighted by molar-refractivity contribution is -0.141. The molecule has 5 atom stereocenters. The van der Waals surface area contributed by atoms with Crippen molar-refractivity contribution < 1.29 is 4.79 Å². The average molecular weight is 234 g/mol. The molecule has 3 aliphatic rings. The van der Waals surface area contributed by atoms with E-state index in [2.05, 4.69) is 36.2 Å². The topological polar surface area (TPSA) is 32.3 Å². The number of nitrogens with one attached hydrogen (secondary N) is 1. The van der Waals surface area contributed by atoms with Gasteiger partial charge < -0.3 is 10.2 Å². The average Bonchev–Trinajstić information content (AvgIpc) is 2.90. The Morgan fingerprint density at radius 1 is 1.18 bits per heavy atom. The fraction of sp³-hybridized carbons (Fsp3) is 0.786. The van der Waals surface area contributed by atoms with Crippen molar-refractivity contribution in [3.8, 4) is 0 Å². The first-order valence-electron chi connectivity index (χ1n) is 6.88. The van der Waals surface area contributed by atoms with E-state index >= 15 is 0 Å². The molecule has 17 heavy (non-hydrogen) atoms. The van der Waals surface area contributed by atoms with Crippen molar-refractivity contribution in [2.75, 3.05) is 13.1 Å². The summed E-state index contributed by atoms with van der Waals surface area (Å²) in [5.41, 5.74) is 0. The summed E-state index contributed by atoms with van der Waals surface area (Å²) in [6.07, 6.45) is 6.88. The van der Waals surface area contributed by atoms with Crippen LogP contribution < -0.4 is 5.32 Å². The zero-order valence-corrected chi connectivity index (χ0v) is 10.7. The van der Waals surface area contributed by atoms with E-state index in [0.717, 1.165) is 19.5 Å². The van der Waals surface area contributed by atoms with Gasteiger partial charge in [0.15, 0.2) is 0 Å². The maximum absolute atomic E-state index is 12.7. The Labute approximate surface area is 103 Å². The van der Waals surface area contributed by atoms with E-state index in [0.29, 0.717) is 29.8 Å². The smallest absolute Gasteiger partial charge is 0.226 e. The van der Waals surface area contributed by atoms with Gasteiger partial charge in [0.2, 0.25) is 5.91 Å². The molecule has 0 radical (unpaired) electrons. The highest BCUT2D eigenvalue weighted by Crippen LogP contribution is 2.44. The third kappa shape index (κ3) is 1.81. The van der Waals surface area contributed by atoms with E-state index in [1.807, 2.05) is 0 Å². The Morgan fingerprint density at radius 2 is 1.88 bits per heavy atom. The molecule has 2 bridgehead atoms. The highest BCUT2D eigenvalue weighted by molar-refractivity contribution is 5.81. The number of carbonyl (C=O) groups is 1. The number of hydrogen-bond acceptors (Lipinski definition) is 2. The number of hydrogen-bond donors (Lipinski definition) is 1. The largest absolute Gasteiger partial charge is 0.334 e. The van der Waals surface area contributed by atoms with Crippen LogP contribution in [0.2, 0.25) is 0 Å². The number of carbonyl (C=O) groups excluding carboxylic acids is 1. The summed E-state index contributed by atoms with van der Waals surface area (Å²) < 4.78 is 0. The number of rotatable bonds is 1. The molecule has 1 aliphatic heterocycles. The summed E-state index contributed by atoms with van der Waals surface area (Å²) in [6, 6.07) is 0.684. The minimum atomic E-state index is 0.271. The quantitative estimate of drug-likeness (QED) is 0.696. The Morgan fingerprint density at radius 3 is 2.41 bits per heavy atom. The van der Waals surface area contributed by atoms with Gasteiger partial charge in [-0.1, -0.05) is 12.2 Å². The zero-order chi connectivity index (χ0) is 12.0. The van der Waals surface area contributed by atoms with Crippen LogP contribution in [0.15, 0.2) is 12.2 Å². The van der Waals surface area contributed by atoms with Crippen LogP contribution in [0.3, 0.4) is 0 Å². The van der Waals surface area contributed by atoms with Crippen molar-refractivity contribution in [1.29, 1.82) is 0 Å². The number of nitrogens with zero attached hydrogens (tertiary/aromatic N) is 1. The fourth-order valence-electron chi connectivity index (χ4n) is 3.82. The Balaban J connectivity index is 1.75. The molecule has 1 amide bonds. The molecule has 1 heterocycles. The van der Waals surface area contributed by atoms with Gasteiger partial charge in [-0.25, -0.2) is 0 Å². The first-order chi connectivity index (χ1) is 8.16. The molecule has 1 saturated carbocycles. The second-order valence-corrected chi connectivity index (χ2v) is 5.99. The van der Waals surface area contributed by atoms with Crippen molar-refractivity contribution in [1.82, 2.24) is 10.2 Å². The first kappa shape index (κ1) is 11.3. The number of allylic oxidation sites excluding steroid dienone is 2. The molecule has 1 N–H and O–H groups in total. The van der Waals surface area contributed by atoms with Gasteiger partial charge in [0, 0.05) is 31.1 Å². The minimum absolute atomic E-state index is 0.271. The van der Waals surface area contributed by atoms with Crippen LogP contribution in [0.4, 0.5) is 0 Å². The van der Waals surface area contributed by atoms with Crippen LogP contribution >= 0.6 is 0 Å². The molecule has 0 aromatic carbocycles. The van der Waals surface area contributed by atoms with E-state index in [1.54, 1.807) is 0 Å². The zero-order valence-electron chi connectivity index (χ0n) is 10.7. The second kappa shape index (κ2) is 4.13. The van der Waals surface area contributed by atoms with Crippen LogP contribution in [0, 0.1) is 17.8 Å². The summed E-state index contributed by atoms with van der Waals surface area (Å²) in [6.45, 7) is 6.19. The van der Waals surface area contributed by atoms with E-state index in [-0.39, 0.29) is 5.92 Å². The SMILES string of the molecule is CC1CNCC(C)N1C(=O)C1CC2C=CC1C2. The van der Waals surface area contributed by atoms with Gasteiger partial charge >= 0.3 is 0 Å². The molecular weight excluding hydrogens is 212 g/mol. The summed E-state index contributed by atoms with van der Waals surface area (Å²) in [7, 11) is 0. The molecule has 0 aromatic rings. The van der Waals surface area contributed by atoms with E-state index in [1.165, 1.54) is 6.42 Å². The maximum Gasteiger partial charge on any atom is 0.226 e. The number of piperazine rings is 1. The third-order valence-electron chi connectivity index (χ3n) is 4.68. The highest BCUT2D eigenvalue weighted by atomic mass is 16.2. The lowest BCUT2D eigenvalue weighted by atomic mass is 9.91. The molecule has 2 fully saturated rings. The molecule has 5 unspecified atom stereocenters. The van der Waals surface area contributed by atoms with Crippen LogP contribution in [0.1, 0.15) is 26.7 Å². The minimum Gasteiger partial charge on any atom is -0.334 e. The van der Waals surface area contributed by atoms with Crippen molar-refractivity contribution in [3.63, 3.8) is 0 Å². The van der Waals surface area contributed by atoms with Crippen LogP contribution in [0.5, 0.6) is 0 Å². The monoisotopic (exact) mass is 234 g/mol. The van der Waals surface area contributed by atoms with Gasteiger partial charge in [-0.2, -0.15) is 0 Å². The van der Waals surface area contributed by atoms with Crippen LogP contribution in [-0.2, 0) is 4.79 Å². The van der Waals surface area contributed by atoms with Crippen molar-refractivity contribution in [2.24, 2.45) is 17.8 Å². The standard InChI is InChI=1S/C14H22N2O/c1-9-7-15-8-10(2)16(9)14(17)13-6-11-3-4-12(13)5-11/h3-4,9-13,15H,5-8H2,1-2H3. The second-order valence-electron chi connectivity index (χ2n) is 5.99. The van der Waals surface area contributed by atoms with Gasteiger partial charge in [-0.15, -0.1) is 0 Å². The molecule has 0 spiro atoms. The summed E-state index contributed by atoms with van der Waals surface area (Å²) in [5.74, 6) is 1.89. The van der Waals surface area contributed by atoms with Crippen molar-refractivity contribution in [3.05, 3.63) is 12.2 Å². The summed E-state index contributed by atoms with van der Waals surface area (Å²) in [5, 5.41) is 3.39. The van der Waals surface area contributed by atoms with Gasteiger partial charge in [0.05, 0.1) is 0 Å². The van der Waals surface area contributed by atoms with Crippen LogP contribution in [0.25, 0.3) is 0 Å². The summed E-state index contributed by atoms with van der Waals surface area (Å²) >= 11 is 0. The lowest BCUT2D eigenvalue weighted by Crippen LogP contribution is -2.58. The van der Waals surface area contributed by atoms with Crippen molar-refractivity contribution >= 4 is 5.91 Å². The summed E-state index contributed by atoms with van der Waals surface area (Å²) in [4.78, 5) is 14.8. The van der Waals surface area contributed by atoms with E-state index < -0.39 is 0 Å². The van der Waals surface area contributed by atoms with Gasteiger partial charge in [0.1, 0.15) is 0 Å². The molecular formula is C14H22N2O. The number of fused-ring (bicyclic) bond motifs is 2. The Bertz CT molecular complexity index is 342. The highest BCUT2D eigenvalue weighted by Gasteiger charge is 2.43. The Hall–Kier alpha value is -0.830. The van der Waals surface area contributed by atoms with Gasteiger partial charge in [-0.3, -0.25) is 4.79 Å². The predicted molar refractivity (Wildman–Crippen MR) is 67.5 cm³/mol. The maximum atomic E-state index is 12.7. The molecule has 3 heteroatoms. The van der Waals surface area contributed by atoms with Crippen molar-refractivity contribution in [2.45, 2.75) is 38.8 Å². The first-order valence-corrected chi connectivity index (χ1v) is 6.88. The molecule has 1 saturated heterocycles. The fourth-order valence-corrected chi connectivity index (χ4v) is 3.82. The van der Waals surface area contributed by atoms with E-state index in [9.17, 15) is 4.79 Å². The van der Waals surface area contributed by atoms with E-state index in [4.69, 9.17) is 0 Å². The molecule has 94 valence electrons. The molecule has 3 rings (SSSR count). The number of amides is 1. The molecule has 2 aliphatic carbocycles. The van der Waals surface area contributed by atoms with Gasteiger partial charge in [0.25, 0.3) is 0 Å². The Kier molecular flexibility index (Phi) is 2.74. The van der Waals surface area contributed by atoms with Crippen LogP contribution in [-0.4, -0.2) is 36.0 Å². The van der Waals surface area contributed by atoms with Gasteiger partial charge in [-0.05, 0) is 38.5 Å². The molecule has 0 aromatic heterocycles. The third-order valence-corrected chi connectivity index (χ3v) is 4.68.